The standard InChI is InChI=1S/C29H32N4O3S/c1-2-3-13-24-30-25-26(27(34)31-32-28(25)37-21-9-5-4-6-10-21)33(24)18-19-14-16-20(17-15-19)22-11-7-8-12-23(22)29(35)36/h7-8,11-12,14-17,21H,2-6,9-10,13,18H2,1H3,(H,31,34)(H,35,36). The highest BCUT2D eigenvalue weighted by Gasteiger charge is 2.22. The van der Waals surface area contributed by atoms with Crippen LogP contribution >= 0.6 is 11.8 Å². The van der Waals surface area contributed by atoms with E-state index >= 15 is 0 Å². The van der Waals surface area contributed by atoms with Crippen LogP contribution in [-0.4, -0.2) is 36.1 Å². The smallest absolute Gasteiger partial charge is 0.336 e. The average molecular weight is 517 g/mol. The van der Waals surface area contributed by atoms with E-state index in [1.54, 1.807) is 23.9 Å². The van der Waals surface area contributed by atoms with E-state index in [2.05, 4.69) is 17.1 Å². The molecular weight excluding hydrogens is 484 g/mol. The van der Waals surface area contributed by atoms with Gasteiger partial charge >= 0.3 is 5.97 Å². The number of hydrogen-bond acceptors (Lipinski definition) is 5. The molecule has 192 valence electrons. The Morgan fingerprint density at radius 1 is 1.11 bits per heavy atom. The Balaban J connectivity index is 1.50. The largest absolute Gasteiger partial charge is 0.478 e. The van der Waals surface area contributed by atoms with Crippen molar-refractivity contribution in [2.45, 2.75) is 75.1 Å². The molecule has 2 aromatic carbocycles. The molecule has 1 aliphatic rings. The van der Waals surface area contributed by atoms with Gasteiger partial charge in [0.25, 0.3) is 5.56 Å². The zero-order chi connectivity index (χ0) is 25.8. The number of carboxylic acid groups (broad SMARTS) is 1. The van der Waals surface area contributed by atoms with Crippen LogP contribution in [0.2, 0.25) is 0 Å². The van der Waals surface area contributed by atoms with Gasteiger partial charge in [-0.05, 0) is 42.0 Å². The van der Waals surface area contributed by atoms with Gasteiger partial charge in [0, 0.05) is 18.2 Å². The first kappa shape index (κ1) is 25.3. The van der Waals surface area contributed by atoms with Gasteiger partial charge in [0.1, 0.15) is 21.9 Å². The first-order valence-corrected chi connectivity index (χ1v) is 14.0. The maximum atomic E-state index is 13.0. The lowest BCUT2D eigenvalue weighted by atomic mass is 9.99. The van der Waals surface area contributed by atoms with Gasteiger partial charge in [-0.25, -0.2) is 14.9 Å². The zero-order valence-corrected chi connectivity index (χ0v) is 21.9. The number of benzene rings is 2. The highest BCUT2D eigenvalue weighted by molar-refractivity contribution is 8.00. The monoisotopic (exact) mass is 516 g/mol. The van der Waals surface area contributed by atoms with Crippen molar-refractivity contribution < 1.29 is 9.90 Å². The summed E-state index contributed by atoms with van der Waals surface area (Å²) in [5.74, 6) is -0.0407. The van der Waals surface area contributed by atoms with Crippen molar-refractivity contribution in [3.8, 4) is 11.1 Å². The van der Waals surface area contributed by atoms with E-state index in [4.69, 9.17) is 4.98 Å². The normalized spacial score (nSPS) is 14.3. The van der Waals surface area contributed by atoms with Crippen LogP contribution in [-0.2, 0) is 13.0 Å². The number of nitrogens with one attached hydrogen (secondary N) is 1. The third-order valence-electron chi connectivity index (χ3n) is 7.07. The summed E-state index contributed by atoms with van der Waals surface area (Å²) in [6, 6.07) is 14.9. The van der Waals surface area contributed by atoms with Crippen molar-refractivity contribution >= 4 is 28.8 Å². The molecular formula is C29H32N4O3S. The van der Waals surface area contributed by atoms with Gasteiger partial charge in [-0.3, -0.25) is 4.79 Å². The molecule has 0 spiro atoms. The number of aromatic carboxylic acids is 1. The third-order valence-corrected chi connectivity index (χ3v) is 8.38. The quantitative estimate of drug-likeness (QED) is 0.271. The summed E-state index contributed by atoms with van der Waals surface area (Å²) in [6.45, 7) is 2.66. The molecule has 1 fully saturated rings. The number of carbonyl (C=O) groups is 1. The van der Waals surface area contributed by atoms with Crippen molar-refractivity contribution in [1.82, 2.24) is 19.7 Å². The van der Waals surface area contributed by atoms with Gasteiger partial charge < -0.3 is 9.67 Å². The molecule has 1 aliphatic carbocycles. The van der Waals surface area contributed by atoms with Gasteiger partial charge in [0.2, 0.25) is 0 Å². The van der Waals surface area contributed by atoms with Gasteiger partial charge in [-0.15, -0.1) is 0 Å². The summed E-state index contributed by atoms with van der Waals surface area (Å²) in [4.78, 5) is 29.6. The van der Waals surface area contributed by atoms with Crippen LogP contribution in [0.3, 0.4) is 0 Å². The molecule has 37 heavy (non-hydrogen) atoms. The minimum Gasteiger partial charge on any atom is -0.478 e. The van der Waals surface area contributed by atoms with Crippen LogP contribution in [0.5, 0.6) is 0 Å². The van der Waals surface area contributed by atoms with Crippen LogP contribution in [0.4, 0.5) is 0 Å². The van der Waals surface area contributed by atoms with E-state index in [9.17, 15) is 14.7 Å². The lowest BCUT2D eigenvalue weighted by Gasteiger charge is -2.20. The van der Waals surface area contributed by atoms with E-state index in [0.717, 1.165) is 41.2 Å². The van der Waals surface area contributed by atoms with E-state index in [-0.39, 0.29) is 11.1 Å². The third kappa shape index (κ3) is 5.49. The van der Waals surface area contributed by atoms with Crippen LogP contribution < -0.4 is 5.56 Å². The number of unbranched alkanes of at least 4 members (excludes halogenated alkanes) is 1. The van der Waals surface area contributed by atoms with Crippen LogP contribution in [0.15, 0.2) is 58.4 Å². The average Bonchev–Trinajstić information content (AvgIpc) is 3.29. The Morgan fingerprint density at radius 2 is 1.86 bits per heavy atom. The van der Waals surface area contributed by atoms with Crippen molar-refractivity contribution in [3.63, 3.8) is 0 Å². The second kappa shape index (κ2) is 11.3. The molecule has 0 bridgehead atoms. The highest BCUT2D eigenvalue weighted by atomic mass is 32.2. The van der Waals surface area contributed by atoms with Gasteiger partial charge in [-0.1, -0.05) is 86.8 Å². The van der Waals surface area contributed by atoms with Crippen LogP contribution in [0.1, 0.15) is 73.6 Å². The van der Waals surface area contributed by atoms with Crippen molar-refractivity contribution in [2.75, 3.05) is 0 Å². The fourth-order valence-electron chi connectivity index (χ4n) is 5.10. The van der Waals surface area contributed by atoms with Crippen molar-refractivity contribution in [1.29, 1.82) is 0 Å². The lowest BCUT2D eigenvalue weighted by molar-refractivity contribution is 0.0697. The molecule has 2 N–H and O–H groups in total. The summed E-state index contributed by atoms with van der Waals surface area (Å²) in [6.07, 6.45) is 8.95. The Hall–Kier alpha value is -3.39. The molecule has 0 radical (unpaired) electrons. The number of aromatic nitrogens is 4. The fraction of sp³-hybridized carbons (Fsp3) is 0.379. The van der Waals surface area contributed by atoms with Gasteiger partial charge in [0.05, 0.1) is 5.56 Å². The molecule has 5 rings (SSSR count). The number of hydrogen-bond donors (Lipinski definition) is 2. The minimum absolute atomic E-state index is 0.217. The summed E-state index contributed by atoms with van der Waals surface area (Å²) >= 11 is 1.75. The molecule has 0 saturated heterocycles. The van der Waals surface area contributed by atoms with Crippen molar-refractivity contribution in [3.05, 3.63) is 75.8 Å². The molecule has 0 atom stereocenters. The molecule has 2 aromatic heterocycles. The highest BCUT2D eigenvalue weighted by Crippen LogP contribution is 2.35. The maximum Gasteiger partial charge on any atom is 0.336 e. The Labute approximate surface area is 220 Å². The van der Waals surface area contributed by atoms with E-state index in [1.165, 1.54) is 32.1 Å². The predicted octanol–water partition coefficient (Wildman–Crippen LogP) is 6.30. The summed E-state index contributed by atoms with van der Waals surface area (Å²) < 4.78 is 2.04. The van der Waals surface area contributed by atoms with Crippen LogP contribution in [0.25, 0.3) is 22.2 Å². The number of fused-ring (bicyclic) bond motifs is 1. The maximum absolute atomic E-state index is 13.0. The minimum atomic E-state index is -0.945. The Morgan fingerprint density at radius 3 is 2.59 bits per heavy atom. The van der Waals surface area contributed by atoms with Gasteiger partial charge in [-0.2, -0.15) is 5.10 Å². The van der Waals surface area contributed by atoms with Crippen molar-refractivity contribution in [2.24, 2.45) is 0 Å². The number of imidazole rings is 1. The molecule has 0 unspecified atom stereocenters. The summed E-state index contributed by atoms with van der Waals surface area (Å²) in [5.41, 5.74) is 3.90. The number of thioether (sulfide) groups is 1. The molecule has 4 aromatic rings. The number of nitrogens with zero attached hydrogens (tertiary/aromatic N) is 3. The molecule has 2 heterocycles. The zero-order valence-electron chi connectivity index (χ0n) is 21.1. The number of aryl methyl sites for hydroxylation is 1. The molecule has 7 nitrogen and oxygen atoms in total. The van der Waals surface area contributed by atoms with Crippen LogP contribution in [0, 0.1) is 0 Å². The first-order valence-electron chi connectivity index (χ1n) is 13.1. The molecule has 0 amide bonds. The lowest BCUT2D eigenvalue weighted by Crippen LogP contribution is -2.16. The summed E-state index contributed by atoms with van der Waals surface area (Å²) in [7, 11) is 0. The number of carboxylic acids is 1. The van der Waals surface area contributed by atoms with E-state index in [0.29, 0.717) is 28.4 Å². The van der Waals surface area contributed by atoms with Gasteiger partial charge in [0.15, 0.2) is 0 Å². The molecule has 8 heteroatoms. The second-order valence-corrected chi connectivity index (χ2v) is 11.0. The summed E-state index contributed by atoms with van der Waals surface area (Å²) in [5, 5.41) is 18.0. The van der Waals surface area contributed by atoms with E-state index < -0.39 is 5.97 Å². The number of aromatic amines is 1. The first-order chi connectivity index (χ1) is 18.0. The van der Waals surface area contributed by atoms with E-state index in [1.807, 2.05) is 41.0 Å². The Bertz CT molecular complexity index is 1450. The number of H-pyrrole nitrogens is 1. The molecule has 0 aliphatic heterocycles. The topological polar surface area (TPSA) is 101 Å². The predicted molar refractivity (Wildman–Crippen MR) is 147 cm³/mol. The number of rotatable bonds is 9. The Kier molecular flexibility index (Phi) is 7.74. The fourth-order valence-corrected chi connectivity index (χ4v) is 6.34. The molecule has 1 saturated carbocycles. The SMILES string of the molecule is CCCCc1nc2c(SC3CCCCC3)n[nH]c(=O)c2n1Cc1ccc(-c2ccccc2C(=O)O)cc1. The second-order valence-electron chi connectivity index (χ2n) is 9.70.